The molecule has 1 aromatic heterocycles. The number of primary amides is 1. The normalized spacial score (nSPS) is 15.6. The fourth-order valence-electron chi connectivity index (χ4n) is 3.97. The molecule has 1 aliphatic rings. The minimum absolute atomic E-state index is 0.163. The van der Waals surface area contributed by atoms with E-state index < -0.39 is 9.84 Å². The zero-order chi connectivity index (χ0) is 20.6. The predicted molar refractivity (Wildman–Crippen MR) is 111 cm³/mol. The van der Waals surface area contributed by atoms with Crippen molar-refractivity contribution in [1.29, 1.82) is 0 Å². The van der Waals surface area contributed by atoms with Gasteiger partial charge in [-0.05, 0) is 43.5 Å². The number of nitrogens with two attached hydrogens (primary N) is 1. The number of aromatic nitrogens is 1. The maximum absolute atomic E-state index is 13.5. The molecule has 0 unspecified atom stereocenters. The Morgan fingerprint density at radius 2 is 1.79 bits per heavy atom. The van der Waals surface area contributed by atoms with Gasteiger partial charge in [-0.3, -0.25) is 4.79 Å². The molecule has 7 heteroatoms. The van der Waals surface area contributed by atoms with Crippen LogP contribution in [0.1, 0.15) is 18.4 Å². The molecule has 1 aliphatic heterocycles. The summed E-state index contributed by atoms with van der Waals surface area (Å²) in [6.07, 6.45) is 2.81. The second kappa shape index (κ2) is 7.48. The highest BCUT2D eigenvalue weighted by Crippen LogP contribution is 2.37. The number of anilines is 1. The van der Waals surface area contributed by atoms with Crippen LogP contribution in [0.2, 0.25) is 0 Å². The van der Waals surface area contributed by atoms with Crippen LogP contribution in [0.5, 0.6) is 0 Å². The molecule has 2 aromatic carbocycles. The van der Waals surface area contributed by atoms with Gasteiger partial charge in [0.15, 0.2) is 11.1 Å². The second-order valence-electron chi connectivity index (χ2n) is 7.53. The second-order valence-corrected chi connectivity index (χ2v) is 9.45. The van der Waals surface area contributed by atoms with E-state index >= 15 is 0 Å². The number of nitrogens with one attached hydrogen (secondary N) is 1. The monoisotopic (exact) mass is 410 g/mol. The van der Waals surface area contributed by atoms with E-state index in [2.05, 4.69) is 9.88 Å². The lowest BCUT2D eigenvalue weighted by atomic mass is 9.95. The molecule has 6 nitrogen and oxygen atoms in total. The van der Waals surface area contributed by atoms with Crippen molar-refractivity contribution in [2.75, 3.05) is 18.0 Å². The number of rotatable bonds is 4. The number of hydrogen-bond acceptors (Lipinski definition) is 4. The number of carbonyl (C=O) groups is 1. The van der Waals surface area contributed by atoms with E-state index in [-0.39, 0.29) is 21.6 Å². The fraction of sp³-hybridized carbons (Fsp3) is 0.273. The van der Waals surface area contributed by atoms with Gasteiger partial charge >= 0.3 is 0 Å². The number of benzene rings is 2. The van der Waals surface area contributed by atoms with Crippen LogP contribution in [0, 0.1) is 12.8 Å². The number of amides is 1. The first-order chi connectivity index (χ1) is 13.9. The summed E-state index contributed by atoms with van der Waals surface area (Å²) in [6.45, 7) is 3.15. The third kappa shape index (κ3) is 3.58. The average molecular weight is 411 g/mol. The van der Waals surface area contributed by atoms with Crippen LogP contribution in [-0.4, -0.2) is 27.4 Å². The van der Waals surface area contributed by atoms with Crippen molar-refractivity contribution in [3.63, 3.8) is 0 Å². The summed E-state index contributed by atoms with van der Waals surface area (Å²) < 4.78 is 27.0. The molecule has 3 aromatic rings. The number of aromatic amines is 1. The number of piperidine rings is 1. The first-order valence-corrected chi connectivity index (χ1v) is 11.2. The van der Waals surface area contributed by atoms with E-state index in [4.69, 9.17) is 5.73 Å². The molecule has 2 heterocycles. The van der Waals surface area contributed by atoms with Crippen LogP contribution < -0.4 is 15.6 Å². The minimum Gasteiger partial charge on any atom is -0.370 e. The molecule has 1 amide bonds. The molecule has 1 fully saturated rings. The summed E-state index contributed by atoms with van der Waals surface area (Å²) in [5.41, 5.74) is 8.09. The lowest BCUT2D eigenvalue weighted by Crippen LogP contribution is -2.39. The van der Waals surface area contributed by atoms with Gasteiger partial charge in [-0.15, -0.1) is 0 Å². The Balaban J connectivity index is 1.90. The van der Waals surface area contributed by atoms with Gasteiger partial charge in [0.2, 0.25) is 21.3 Å². The molecular weight excluding hydrogens is 386 g/mol. The Bertz CT molecular complexity index is 1170. The van der Waals surface area contributed by atoms with Crippen molar-refractivity contribution in [3.8, 4) is 0 Å². The van der Waals surface area contributed by atoms with Crippen LogP contribution in [0.3, 0.4) is 0 Å². The Hall–Kier alpha value is -2.93. The van der Waals surface area contributed by atoms with Crippen molar-refractivity contribution in [2.24, 2.45) is 11.7 Å². The SMILES string of the molecule is Cc1ccc2[nH+]cc(S(=O)(=O)c3ccccc3)c(N3CCC(C(N)=O)CC3)c2c1. The molecule has 150 valence electrons. The summed E-state index contributed by atoms with van der Waals surface area (Å²) in [7, 11) is -3.72. The minimum atomic E-state index is -3.72. The number of aryl methyl sites for hydroxylation is 1. The fourth-order valence-corrected chi connectivity index (χ4v) is 5.45. The van der Waals surface area contributed by atoms with Gasteiger partial charge in [0.25, 0.3) is 0 Å². The molecule has 29 heavy (non-hydrogen) atoms. The van der Waals surface area contributed by atoms with Crippen LogP contribution in [-0.2, 0) is 14.6 Å². The van der Waals surface area contributed by atoms with Gasteiger partial charge in [0.05, 0.1) is 16.0 Å². The van der Waals surface area contributed by atoms with E-state index in [0.717, 1.165) is 16.5 Å². The average Bonchev–Trinajstić information content (AvgIpc) is 2.73. The highest BCUT2D eigenvalue weighted by molar-refractivity contribution is 7.91. The molecule has 4 rings (SSSR count). The van der Waals surface area contributed by atoms with Crippen molar-refractivity contribution in [2.45, 2.75) is 29.6 Å². The maximum Gasteiger partial charge on any atom is 0.220 e. The van der Waals surface area contributed by atoms with E-state index in [0.29, 0.717) is 31.6 Å². The molecule has 0 saturated carbocycles. The van der Waals surface area contributed by atoms with Crippen LogP contribution >= 0.6 is 0 Å². The summed E-state index contributed by atoms with van der Waals surface area (Å²) in [5.74, 6) is -0.451. The van der Waals surface area contributed by atoms with Gasteiger partial charge in [-0.1, -0.05) is 24.3 Å². The number of sulfone groups is 1. The third-order valence-electron chi connectivity index (χ3n) is 5.58. The highest BCUT2D eigenvalue weighted by atomic mass is 32.2. The zero-order valence-electron chi connectivity index (χ0n) is 16.3. The molecule has 1 saturated heterocycles. The highest BCUT2D eigenvalue weighted by Gasteiger charge is 2.32. The molecule has 3 N–H and O–H groups in total. The van der Waals surface area contributed by atoms with E-state index in [9.17, 15) is 13.2 Å². The van der Waals surface area contributed by atoms with E-state index in [1.807, 2.05) is 25.1 Å². The number of hydrogen-bond donors (Lipinski definition) is 1. The van der Waals surface area contributed by atoms with Crippen molar-refractivity contribution < 1.29 is 18.2 Å². The Kier molecular flexibility index (Phi) is 5.00. The Labute approximate surface area is 170 Å². The first-order valence-electron chi connectivity index (χ1n) is 9.67. The quantitative estimate of drug-likeness (QED) is 0.715. The topological polar surface area (TPSA) is 94.6 Å². The lowest BCUT2D eigenvalue weighted by molar-refractivity contribution is -0.347. The smallest absolute Gasteiger partial charge is 0.220 e. The first kappa shape index (κ1) is 19.4. The molecule has 0 atom stereocenters. The number of fused-ring (bicyclic) bond motifs is 1. The summed E-state index contributed by atoms with van der Waals surface area (Å²) in [6, 6.07) is 14.4. The molecule has 0 spiro atoms. The number of pyridine rings is 1. The van der Waals surface area contributed by atoms with E-state index in [1.54, 1.807) is 36.5 Å². The zero-order valence-corrected chi connectivity index (χ0v) is 17.1. The van der Waals surface area contributed by atoms with E-state index in [1.165, 1.54) is 0 Å². The largest absolute Gasteiger partial charge is 0.370 e. The van der Waals surface area contributed by atoms with Gasteiger partial charge in [0, 0.05) is 25.1 Å². The number of nitrogens with zero attached hydrogens (tertiary/aromatic N) is 1. The molecule has 0 radical (unpaired) electrons. The van der Waals surface area contributed by atoms with Crippen LogP contribution in [0.15, 0.2) is 64.5 Å². The number of H-pyrrole nitrogens is 1. The van der Waals surface area contributed by atoms with Gasteiger partial charge in [0.1, 0.15) is 0 Å². The predicted octanol–water partition coefficient (Wildman–Crippen LogP) is 2.50. The molecule has 0 aliphatic carbocycles. The Morgan fingerprint density at radius 3 is 2.45 bits per heavy atom. The molecular formula is C22H24N3O3S+. The standard InChI is InChI=1S/C22H23N3O3S/c1-15-7-8-19-18(13-15)21(25-11-9-16(10-12-25)22(23)26)20(14-24-19)29(27,28)17-5-3-2-4-6-17/h2-8,13-14,16H,9-12H2,1H3,(H2,23,26)/p+1. The van der Waals surface area contributed by atoms with Crippen LogP contribution in [0.25, 0.3) is 10.9 Å². The van der Waals surface area contributed by atoms with Gasteiger partial charge in [-0.25, -0.2) is 13.4 Å². The summed E-state index contributed by atoms with van der Waals surface area (Å²) >= 11 is 0. The van der Waals surface area contributed by atoms with Gasteiger partial charge < -0.3 is 10.6 Å². The summed E-state index contributed by atoms with van der Waals surface area (Å²) in [5, 5.41) is 0.861. The lowest BCUT2D eigenvalue weighted by Gasteiger charge is -2.33. The van der Waals surface area contributed by atoms with Gasteiger partial charge in [-0.2, -0.15) is 0 Å². The van der Waals surface area contributed by atoms with Crippen molar-refractivity contribution >= 4 is 32.3 Å². The summed E-state index contributed by atoms with van der Waals surface area (Å²) in [4.78, 5) is 17.3. The molecule has 0 bridgehead atoms. The van der Waals surface area contributed by atoms with Crippen LogP contribution in [0.4, 0.5) is 5.69 Å². The van der Waals surface area contributed by atoms with Crippen molar-refractivity contribution in [3.05, 3.63) is 60.3 Å². The number of carbonyl (C=O) groups excluding carboxylic acids is 1. The Morgan fingerprint density at radius 1 is 1.10 bits per heavy atom. The maximum atomic E-state index is 13.5. The van der Waals surface area contributed by atoms with Crippen molar-refractivity contribution in [1.82, 2.24) is 0 Å². The third-order valence-corrected chi connectivity index (χ3v) is 7.36.